The number of anilines is 1. The summed E-state index contributed by atoms with van der Waals surface area (Å²) < 4.78 is 39.7. The van der Waals surface area contributed by atoms with Gasteiger partial charge in [0, 0.05) is 6.54 Å². The molecule has 3 N–H and O–H groups in total. The lowest BCUT2D eigenvalue weighted by molar-refractivity contribution is 0.581. The fraction of sp³-hybridized carbons (Fsp3) is 0.200. The van der Waals surface area contributed by atoms with Crippen molar-refractivity contribution >= 4 is 15.7 Å². The first-order valence-electron chi connectivity index (χ1n) is 6.49. The van der Waals surface area contributed by atoms with Crippen LogP contribution in [0.4, 0.5) is 10.1 Å². The molecule has 0 saturated heterocycles. The Morgan fingerprint density at radius 1 is 1.19 bits per heavy atom. The number of nitrogens with one attached hydrogen (secondary N) is 1. The summed E-state index contributed by atoms with van der Waals surface area (Å²) in [6.45, 7) is 2.25. The zero-order valence-corrected chi connectivity index (χ0v) is 12.5. The number of benzene rings is 2. The van der Waals surface area contributed by atoms with Gasteiger partial charge in [0.05, 0.1) is 10.6 Å². The van der Waals surface area contributed by atoms with Crippen LogP contribution in [0.2, 0.25) is 0 Å². The van der Waals surface area contributed by atoms with E-state index in [9.17, 15) is 12.8 Å². The zero-order valence-electron chi connectivity index (χ0n) is 11.6. The first-order chi connectivity index (χ1) is 9.88. The molecule has 2 aromatic carbocycles. The van der Waals surface area contributed by atoms with E-state index < -0.39 is 15.8 Å². The Kier molecular flexibility index (Phi) is 4.59. The minimum Gasteiger partial charge on any atom is -0.396 e. The van der Waals surface area contributed by atoms with E-state index in [1.807, 2.05) is 31.2 Å². The van der Waals surface area contributed by atoms with Gasteiger partial charge in [0.25, 0.3) is 0 Å². The van der Waals surface area contributed by atoms with Crippen molar-refractivity contribution in [3.63, 3.8) is 0 Å². The summed E-state index contributed by atoms with van der Waals surface area (Å²) >= 11 is 0. The molecule has 21 heavy (non-hydrogen) atoms. The monoisotopic (exact) mass is 308 g/mol. The third-order valence-corrected chi connectivity index (χ3v) is 4.52. The fourth-order valence-corrected chi connectivity index (χ4v) is 3.04. The molecule has 0 saturated carbocycles. The molecule has 0 atom stereocenters. The molecule has 0 spiro atoms. The maximum absolute atomic E-state index is 13.1. The van der Waals surface area contributed by atoms with Gasteiger partial charge in [-0.2, -0.15) is 0 Å². The molecule has 4 nitrogen and oxygen atoms in total. The number of sulfonamides is 1. The van der Waals surface area contributed by atoms with Gasteiger partial charge in [-0.1, -0.05) is 29.8 Å². The molecule has 0 aromatic heterocycles. The van der Waals surface area contributed by atoms with Crippen LogP contribution in [-0.4, -0.2) is 15.0 Å². The van der Waals surface area contributed by atoms with Crippen molar-refractivity contribution in [2.24, 2.45) is 0 Å². The molecule has 0 unspecified atom stereocenters. The molecule has 0 heterocycles. The number of aryl methyl sites for hydroxylation is 1. The fourth-order valence-electron chi connectivity index (χ4n) is 1.97. The molecule has 0 bridgehead atoms. The minimum atomic E-state index is -3.68. The highest BCUT2D eigenvalue weighted by atomic mass is 32.2. The normalized spacial score (nSPS) is 11.5. The summed E-state index contributed by atoms with van der Waals surface area (Å²) in [5, 5.41) is 0. The van der Waals surface area contributed by atoms with Gasteiger partial charge >= 0.3 is 0 Å². The zero-order chi connectivity index (χ0) is 15.5. The lowest BCUT2D eigenvalue weighted by atomic mass is 10.1. The van der Waals surface area contributed by atoms with Crippen LogP contribution >= 0.6 is 0 Å². The van der Waals surface area contributed by atoms with Crippen molar-refractivity contribution in [3.05, 3.63) is 59.4 Å². The van der Waals surface area contributed by atoms with E-state index >= 15 is 0 Å². The molecule has 112 valence electrons. The number of rotatable bonds is 5. The largest absolute Gasteiger partial charge is 0.396 e. The first-order valence-corrected chi connectivity index (χ1v) is 7.97. The summed E-state index contributed by atoms with van der Waals surface area (Å²) in [4.78, 5) is -0.0364. The smallest absolute Gasteiger partial charge is 0.240 e. The van der Waals surface area contributed by atoms with Crippen LogP contribution in [0, 0.1) is 12.7 Å². The van der Waals surface area contributed by atoms with Crippen molar-refractivity contribution in [1.82, 2.24) is 4.72 Å². The van der Waals surface area contributed by atoms with E-state index in [0.29, 0.717) is 6.42 Å². The number of halogens is 1. The third-order valence-electron chi connectivity index (χ3n) is 3.07. The van der Waals surface area contributed by atoms with Crippen molar-refractivity contribution in [2.45, 2.75) is 18.2 Å². The van der Waals surface area contributed by atoms with E-state index in [1.54, 1.807) is 0 Å². The number of nitrogens with two attached hydrogens (primary N) is 1. The first kappa shape index (κ1) is 15.5. The van der Waals surface area contributed by atoms with Crippen molar-refractivity contribution in [3.8, 4) is 0 Å². The molecule has 2 aromatic rings. The maximum atomic E-state index is 13.1. The minimum absolute atomic E-state index is 0.0364. The van der Waals surface area contributed by atoms with Crippen molar-refractivity contribution in [2.75, 3.05) is 12.3 Å². The SMILES string of the molecule is Cc1cccc(CCNS(=O)(=O)c2ccc(F)c(N)c2)c1. The van der Waals surface area contributed by atoms with Gasteiger partial charge in [-0.3, -0.25) is 0 Å². The molecule has 0 aliphatic carbocycles. The van der Waals surface area contributed by atoms with Crippen molar-refractivity contribution < 1.29 is 12.8 Å². The topological polar surface area (TPSA) is 72.2 Å². The van der Waals surface area contributed by atoms with Gasteiger partial charge in [0.2, 0.25) is 10.0 Å². The average Bonchev–Trinajstić information content (AvgIpc) is 2.41. The number of hydrogen-bond acceptors (Lipinski definition) is 3. The van der Waals surface area contributed by atoms with Crippen LogP contribution in [0.1, 0.15) is 11.1 Å². The van der Waals surface area contributed by atoms with Gasteiger partial charge in [0.1, 0.15) is 5.82 Å². The van der Waals surface area contributed by atoms with Gasteiger partial charge < -0.3 is 5.73 Å². The third kappa shape index (κ3) is 4.03. The summed E-state index contributed by atoms with van der Waals surface area (Å²) in [6, 6.07) is 11.2. The van der Waals surface area contributed by atoms with Gasteiger partial charge in [-0.05, 0) is 37.1 Å². The summed E-state index contributed by atoms with van der Waals surface area (Å²) in [5.41, 5.74) is 7.38. The highest BCUT2D eigenvalue weighted by Gasteiger charge is 2.14. The lowest BCUT2D eigenvalue weighted by Crippen LogP contribution is -2.26. The molecule has 0 aliphatic rings. The van der Waals surface area contributed by atoms with Gasteiger partial charge in [-0.25, -0.2) is 17.5 Å². The summed E-state index contributed by atoms with van der Waals surface area (Å²) in [5.74, 6) is -0.631. The Balaban J connectivity index is 2.03. The van der Waals surface area contributed by atoms with Crippen LogP contribution < -0.4 is 10.5 Å². The molecular weight excluding hydrogens is 291 g/mol. The second-order valence-corrected chi connectivity index (χ2v) is 6.59. The van der Waals surface area contributed by atoms with E-state index in [-0.39, 0.29) is 17.1 Å². The highest BCUT2D eigenvalue weighted by molar-refractivity contribution is 7.89. The second-order valence-electron chi connectivity index (χ2n) is 4.82. The van der Waals surface area contributed by atoms with Crippen LogP contribution in [-0.2, 0) is 16.4 Å². The standard InChI is InChI=1S/C15H17FN2O2S/c1-11-3-2-4-12(9-11)7-8-18-21(19,20)13-5-6-14(16)15(17)10-13/h2-6,9-10,18H,7-8,17H2,1H3. The lowest BCUT2D eigenvalue weighted by Gasteiger charge is -2.08. The number of nitrogen functional groups attached to an aromatic ring is 1. The summed E-state index contributed by atoms with van der Waals surface area (Å²) in [7, 11) is -3.68. The molecular formula is C15H17FN2O2S. The molecule has 0 fully saturated rings. The number of hydrogen-bond donors (Lipinski definition) is 2. The Labute approximate surface area is 123 Å². The van der Waals surface area contributed by atoms with Crippen LogP contribution in [0.25, 0.3) is 0 Å². The quantitative estimate of drug-likeness (QED) is 0.832. The van der Waals surface area contributed by atoms with Crippen LogP contribution in [0.15, 0.2) is 47.4 Å². The molecule has 0 aliphatic heterocycles. The van der Waals surface area contributed by atoms with Gasteiger partial charge in [0.15, 0.2) is 0 Å². The maximum Gasteiger partial charge on any atom is 0.240 e. The van der Waals surface area contributed by atoms with Crippen molar-refractivity contribution in [1.29, 1.82) is 0 Å². The molecule has 2 rings (SSSR count). The van der Waals surface area contributed by atoms with Crippen LogP contribution in [0.3, 0.4) is 0 Å². The predicted molar refractivity (Wildman–Crippen MR) is 80.9 cm³/mol. The Hall–Kier alpha value is -1.92. The van der Waals surface area contributed by atoms with Gasteiger partial charge in [-0.15, -0.1) is 0 Å². The molecule has 0 amide bonds. The Morgan fingerprint density at radius 3 is 2.62 bits per heavy atom. The van der Waals surface area contributed by atoms with Crippen LogP contribution in [0.5, 0.6) is 0 Å². The van der Waals surface area contributed by atoms with E-state index in [4.69, 9.17) is 5.73 Å². The predicted octanol–water partition coefficient (Wildman–Crippen LogP) is 2.24. The highest BCUT2D eigenvalue weighted by Crippen LogP contribution is 2.16. The van der Waals surface area contributed by atoms with E-state index in [2.05, 4.69) is 4.72 Å². The Bertz CT molecular complexity index is 745. The second kappa shape index (κ2) is 6.24. The average molecular weight is 308 g/mol. The Morgan fingerprint density at radius 2 is 1.95 bits per heavy atom. The molecule has 6 heteroatoms. The summed E-state index contributed by atoms with van der Waals surface area (Å²) in [6.07, 6.45) is 0.581. The van der Waals surface area contributed by atoms with E-state index in [1.165, 1.54) is 6.07 Å². The molecule has 0 radical (unpaired) electrons. The van der Waals surface area contributed by atoms with E-state index in [0.717, 1.165) is 23.3 Å².